The van der Waals surface area contributed by atoms with E-state index in [2.05, 4.69) is 40.2 Å². The third kappa shape index (κ3) is 3.22. The molecule has 0 saturated heterocycles. The Morgan fingerprint density at radius 1 is 0.840 bits per heavy atom. The van der Waals surface area contributed by atoms with Gasteiger partial charge in [-0.2, -0.15) is 0 Å². The molecule has 1 amide bonds. The van der Waals surface area contributed by atoms with Gasteiger partial charge in [0.25, 0.3) is 5.91 Å². The quantitative estimate of drug-likeness (QED) is 0.718. The Morgan fingerprint density at radius 3 is 2.44 bits per heavy atom. The molecule has 0 bridgehead atoms. The molecule has 3 aromatic rings. The summed E-state index contributed by atoms with van der Waals surface area (Å²) in [4.78, 5) is 18.2. The number of amides is 1. The Kier molecular flexibility index (Phi) is 4.13. The van der Waals surface area contributed by atoms with E-state index in [-0.39, 0.29) is 12.5 Å². The predicted octanol–water partition coefficient (Wildman–Crippen LogP) is 4.32. The maximum Gasteiger partial charge on any atom is 0.265 e. The molecule has 25 heavy (non-hydrogen) atoms. The lowest BCUT2D eigenvalue weighted by Crippen LogP contribution is -2.28. The van der Waals surface area contributed by atoms with Crippen molar-refractivity contribution in [3.63, 3.8) is 0 Å². The molecule has 122 valence electrons. The number of carbonyl (C=O) groups is 1. The van der Waals surface area contributed by atoms with Crippen LogP contribution in [0.15, 0.2) is 83.9 Å². The van der Waals surface area contributed by atoms with Crippen LogP contribution in [0.4, 0.5) is 5.69 Å². The van der Waals surface area contributed by atoms with Crippen LogP contribution in [0, 0.1) is 0 Å². The molecule has 3 heteroatoms. The van der Waals surface area contributed by atoms with Crippen molar-refractivity contribution in [2.75, 3.05) is 11.4 Å². The van der Waals surface area contributed by atoms with Gasteiger partial charge in [-0.15, -0.1) is 0 Å². The second-order valence-corrected chi connectivity index (χ2v) is 6.09. The van der Waals surface area contributed by atoms with Gasteiger partial charge in [0.15, 0.2) is 0 Å². The Bertz CT molecular complexity index is 932. The number of hydrogen-bond acceptors (Lipinski definition) is 2. The summed E-state index contributed by atoms with van der Waals surface area (Å²) in [7, 11) is 0. The first-order valence-electron chi connectivity index (χ1n) is 8.35. The van der Waals surface area contributed by atoms with E-state index in [0.29, 0.717) is 6.54 Å². The van der Waals surface area contributed by atoms with E-state index in [1.54, 1.807) is 6.21 Å². The molecule has 0 N–H and O–H groups in total. The van der Waals surface area contributed by atoms with Crippen LogP contribution in [0.2, 0.25) is 0 Å². The van der Waals surface area contributed by atoms with Crippen molar-refractivity contribution >= 4 is 17.8 Å². The summed E-state index contributed by atoms with van der Waals surface area (Å²) in [5.74, 6) is -0.117. The maximum atomic E-state index is 12.1. The van der Waals surface area contributed by atoms with Gasteiger partial charge >= 0.3 is 0 Å². The fraction of sp³-hybridized carbons (Fsp3) is 0.0909. The highest BCUT2D eigenvalue weighted by atomic mass is 16.1. The number of rotatable bonds is 3. The van der Waals surface area contributed by atoms with Gasteiger partial charge in [-0.1, -0.05) is 72.8 Å². The van der Waals surface area contributed by atoms with Gasteiger partial charge in [-0.25, -0.2) is 4.99 Å². The first-order chi connectivity index (χ1) is 12.3. The van der Waals surface area contributed by atoms with Crippen LogP contribution in [-0.2, 0) is 11.3 Å². The zero-order valence-corrected chi connectivity index (χ0v) is 13.8. The third-order valence-electron chi connectivity index (χ3n) is 4.41. The number of hydrogen-bond donors (Lipinski definition) is 0. The van der Waals surface area contributed by atoms with Crippen LogP contribution in [0.25, 0.3) is 11.1 Å². The number of nitrogens with zero attached hydrogens (tertiary/aromatic N) is 2. The molecule has 1 heterocycles. The lowest BCUT2D eigenvalue weighted by Gasteiger charge is -2.25. The molecule has 0 spiro atoms. The van der Waals surface area contributed by atoms with E-state index in [9.17, 15) is 4.79 Å². The Hall–Kier alpha value is -3.20. The summed E-state index contributed by atoms with van der Waals surface area (Å²) in [5, 5.41) is 0. The van der Waals surface area contributed by atoms with E-state index in [1.165, 1.54) is 16.7 Å². The highest BCUT2D eigenvalue weighted by Crippen LogP contribution is 2.28. The summed E-state index contributed by atoms with van der Waals surface area (Å²) in [6, 6.07) is 26.7. The van der Waals surface area contributed by atoms with E-state index in [1.807, 2.05) is 48.5 Å². The van der Waals surface area contributed by atoms with Crippen LogP contribution in [0.1, 0.15) is 11.1 Å². The summed E-state index contributed by atoms with van der Waals surface area (Å²) in [5.41, 5.74) is 5.59. The van der Waals surface area contributed by atoms with Crippen molar-refractivity contribution in [2.45, 2.75) is 6.54 Å². The van der Waals surface area contributed by atoms with Crippen LogP contribution < -0.4 is 4.90 Å². The van der Waals surface area contributed by atoms with Crippen LogP contribution >= 0.6 is 0 Å². The number of aliphatic imine (C=N–C) groups is 1. The van der Waals surface area contributed by atoms with Crippen molar-refractivity contribution < 1.29 is 4.79 Å². The van der Waals surface area contributed by atoms with Crippen molar-refractivity contribution in [1.29, 1.82) is 0 Å². The van der Waals surface area contributed by atoms with Crippen molar-refractivity contribution in [1.82, 2.24) is 0 Å². The van der Waals surface area contributed by atoms with E-state index >= 15 is 0 Å². The molecule has 0 aliphatic carbocycles. The Balaban J connectivity index is 1.73. The van der Waals surface area contributed by atoms with Crippen LogP contribution in [0.5, 0.6) is 0 Å². The molecule has 0 atom stereocenters. The van der Waals surface area contributed by atoms with Crippen molar-refractivity contribution in [3.8, 4) is 11.1 Å². The number of benzene rings is 3. The number of para-hydroxylation sites is 1. The standard InChI is InChI=1S/C22H18N2O/c25-22-16-24(21-13-7-5-10-18(21)14-23-22)15-19-11-4-6-12-20(19)17-8-2-1-3-9-17/h1-14H,15-16H2. The fourth-order valence-corrected chi connectivity index (χ4v) is 3.22. The second-order valence-electron chi connectivity index (χ2n) is 6.09. The van der Waals surface area contributed by atoms with Crippen molar-refractivity contribution in [3.05, 3.63) is 90.0 Å². The van der Waals surface area contributed by atoms with E-state index < -0.39 is 0 Å². The average molecular weight is 326 g/mol. The largest absolute Gasteiger partial charge is 0.357 e. The molecule has 0 aromatic heterocycles. The fourth-order valence-electron chi connectivity index (χ4n) is 3.22. The summed E-state index contributed by atoms with van der Waals surface area (Å²) >= 11 is 0. The van der Waals surface area contributed by atoms with Gasteiger partial charge in [0.05, 0.1) is 6.54 Å². The van der Waals surface area contributed by atoms with Gasteiger partial charge < -0.3 is 4.90 Å². The summed E-state index contributed by atoms with van der Waals surface area (Å²) < 4.78 is 0. The molecular formula is C22H18N2O. The van der Waals surface area contributed by atoms with Gasteiger partial charge in [0.2, 0.25) is 0 Å². The lowest BCUT2D eigenvalue weighted by atomic mass is 9.99. The first kappa shape index (κ1) is 15.3. The van der Waals surface area contributed by atoms with Crippen molar-refractivity contribution in [2.24, 2.45) is 4.99 Å². The zero-order chi connectivity index (χ0) is 17.1. The van der Waals surface area contributed by atoms with Gasteiger partial charge in [-0.05, 0) is 22.8 Å². The van der Waals surface area contributed by atoms with Gasteiger partial charge in [-0.3, -0.25) is 4.79 Å². The normalized spacial score (nSPS) is 13.4. The van der Waals surface area contributed by atoms with Gasteiger partial charge in [0.1, 0.15) is 0 Å². The Morgan fingerprint density at radius 2 is 1.56 bits per heavy atom. The molecule has 4 rings (SSSR count). The number of carbonyl (C=O) groups excluding carboxylic acids is 1. The monoisotopic (exact) mass is 326 g/mol. The Labute approximate surface area is 147 Å². The van der Waals surface area contributed by atoms with E-state index in [0.717, 1.165) is 11.3 Å². The number of benzodiazepines with no additional fused rings is 1. The minimum atomic E-state index is -0.117. The topological polar surface area (TPSA) is 32.7 Å². The molecule has 3 nitrogen and oxygen atoms in total. The lowest BCUT2D eigenvalue weighted by molar-refractivity contribution is -0.116. The molecule has 0 fully saturated rings. The predicted molar refractivity (Wildman–Crippen MR) is 102 cm³/mol. The summed E-state index contributed by atoms with van der Waals surface area (Å²) in [6.07, 6.45) is 1.67. The third-order valence-corrected chi connectivity index (χ3v) is 4.41. The maximum absolute atomic E-state index is 12.1. The SMILES string of the molecule is O=C1CN(Cc2ccccc2-c2ccccc2)c2ccccc2C=N1. The average Bonchev–Trinajstić information content (AvgIpc) is 2.82. The number of anilines is 1. The first-order valence-corrected chi connectivity index (χ1v) is 8.35. The minimum absolute atomic E-state index is 0.117. The molecule has 1 aliphatic rings. The molecule has 0 unspecified atom stereocenters. The molecule has 1 aliphatic heterocycles. The van der Waals surface area contributed by atoms with E-state index in [4.69, 9.17) is 0 Å². The summed E-state index contributed by atoms with van der Waals surface area (Å²) in [6.45, 7) is 0.952. The molecule has 3 aromatic carbocycles. The second kappa shape index (κ2) is 6.73. The minimum Gasteiger partial charge on any atom is -0.357 e. The van der Waals surface area contributed by atoms with Crippen LogP contribution in [-0.4, -0.2) is 18.7 Å². The number of fused-ring (bicyclic) bond motifs is 1. The molecular weight excluding hydrogens is 308 g/mol. The molecule has 0 saturated carbocycles. The smallest absolute Gasteiger partial charge is 0.265 e. The zero-order valence-electron chi connectivity index (χ0n) is 13.8. The highest BCUT2D eigenvalue weighted by Gasteiger charge is 2.18. The van der Waals surface area contributed by atoms with Crippen LogP contribution in [0.3, 0.4) is 0 Å². The van der Waals surface area contributed by atoms with Gasteiger partial charge in [0, 0.05) is 24.0 Å². The highest BCUT2D eigenvalue weighted by molar-refractivity contribution is 6.00. The molecule has 0 radical (unpaired) electrons.